The van der Waals surface area contributed by atoms with Gasteiger partial charge in [0.25, 0.3) is 5.69 Å². The number of nitro groups is 1. The van der Waals surface area contributed by atoms with Crippen molar-refractivity contribution in [3.05, 3.63) is 40.6 Å². The third kappa shape index (κ3) is 2.52. The fraction of sp³-hybridized carbons (Fsp3) is 0.286. The second-order valence-corrected chi connectivity index (χ2v) is 4.25. The van der Waals surface area contributed by atoms with Crippen LogP contribution in [0.5, 0.6) is 0 Å². The van der Waals surface area contributed by atoms with Gasteiger partial charge in [0.2, 0.25) is 0 Å². The minimum absolute atomic E-state index is 0.0492. The molecule has 0 atom stereocenters. The topological polar surface area (TPSA) is 83.1 Å². The van der Waals surface area contributed by atoms with E-state index in [1.165, 1.54) is 6.07 Å². The Bertz CT molecular complexity index is 678. The monoisotopic (exact) mass is 270 g/mol. The number of aromatic nitrogens is 1. The summed E-state index contributed by atoms with van der Waals surface area (Å²) >= 11 is 0. The van der Waals surface area contributed by atoms with E-state index in [0.29, 0.717) is 30.4 Å². The maximum absolute atomic E-state index is 11.1. The van der Waals surface area contributed by atoms with E-state index in [1.54, 1.807) is 24.4 Å². The van der Waals surface area contributed by atoms with E-state index in [-0.39, 0.29) is 5.69 Å². The molecule has 1 aromatic carbocycles. The highest BCUT2D eigenvalue weighted by molar-refractivity contribution is 5.97. The van der Waals surface area contributed by atoms with Crippen molar-refractivity contribution in [1.82, 2.24) is 4.98 Å². The lowest BCUT2D eigenvalue weighted by Crippen LogP contribution is -2.24. The molecule has 1 heterocycles. The Hall–Kier alpha value is -2.68. The summed E-state index contributed by atoms with van der Waals surface area (Å²) in [7, 11) is 0. The van der Waals surface area contributed by atoms with Crippen LogP contribution in [0.15, 0.2) is 30.5 Å². The molecule has 0 saturated heterocycles. The standard InChI is InChI=1S/C14H14N4O2/c1-2-17(10-4-8-15)13-7-6-12(18(19)20)11-5-3-9-16-14(11)13/h3,5-7,9H,2,4,10H2,1H3. The summed E-state index contributed by atoms with van der Waals surface area (Å²) in [6.07, 6.45) is 2.02. The summed E-state index contributed by atoms with van der Waals surface area (Å²) in [5.74, 6) is 0. The number of nitro benzene ring substituents is 1. The normalized spacial score (nSPS) is 10.2. The van der Waals surface area contributed by atoms with Gasteiger partial charge >= 0.3 is 0 Å². The summed E-state index contributed by atoms with van der Waals surface area (Å²) in [5.41, 5.74) is 1.47. The molecule has 0 amide bonds. The van der Waals surface area contributed by atoms with E-state index in [2.05, 4.69) is 11.1 Å². The molecule has 0 fully saturated rings. The van der Waals surface area contributed by atoms with Crippen molar-refractivity contribution in [1.29, 1.82) is 5.26 Å². The number of pyridine rings is 1. The molecule has 0 radical (unpaired) electrons. The second kappa shape index (κ2) is 5.97. The maximum Gasteiger partial charge on any atom is 0.278 e. The maximum atomic E-state index is 11.1. The van der Waals surface area contributed by atoms with Crippen molar-refractivity contribution in [3.63, 3.8) is 0 Å². The van der Waals surface area contributed by atoms with E-state index in [4.69, 9.17) is 5.26 Å². The zero-order valence-electron chi connectivity index (χ0n) is 11.1. The third-order valence-electron chi connectivity index (χ3n) is 3.14. The van der Waals surface area contributed by atoms with Crippen LogP contribution in [0.3, 0.4) is 0 Å². The molecule has 0 N–H and O–H groups in total. The molecule has 0 aliphatic rings. The van der Waals surface area contributed by atoms with Crippen molar-refractivity contribution < 1.29 is 4.92 Å². The highest BCUT2D eigenvalue weighted by Crippen LogP contribution is 2.31. The number of non-ortho nitro benzene ring substituents is 1. The van der Waals surface area contributed by atoms with Crippen LogP contribution in [0, 0.1) is 21.4 Å². The number of nitrogens with zero attached hydrogens (tertiary/aromatic N) is 4. The van der Waals surface area contributed by atoms with Crippen LogP contribution in [0.4, 0.5) is 11.4 Å². The zero-order chi connectivity index (χ0) is 14.5. The van der Waals surface area contributed by atoms with E-state index in [1.807, 2.05) is 11.8 Å². The SMILES string of the molecule is CCN(CCC#N)c1ccc([N+](=O)[O-])c2cccnc12. The Kier molecular flexibility index (Phi) is 4.11. The third-order valence-corrected chi connectivity index (χ3v) is 3.14. The van der Waals surface area contributed by atoms with Crippen LogP contribution in [0.25, 0.3) is 10.9 Å². The Labute approximate surface area is 116 Å². The molecule has 0 bridgehead atoms. The summed E-state index contributed by atoms with van der Waals surface area (Å²) in [6.45, 7) is 3.27. The van der Waals surface area contributed by atoms with E-state index in [9.17, 15) is 10.1 Å². The van der Waals surface area contributed by atoms with Gasteiger partial charge in [-0.2, -0.15) is 5.26 Å². The lowest BCUT2D eigenvalue weighted by molar-refractivity contribution is -0.383. The zero-order valence-corrected chi connectivity index (χ0v) is 11.1. The molecule has 20 heavy (non-hydrogen) atoms. The Morgan fingerprint density at radius 1 is 1.45 bits per heavy atom. The minimum Gasteiger partial charge on any atom is -0.369 e. The fourth-order valence-electron chi connectivity index (χ4n) is 2.19. The smallest absolute Gasteiger partial charge is 0.278 e. The van der Waals surface area contributed by atoms with Gasteiger partial charge in [0, 0.05) is 25.4 Å². The largest absolute Gasteiger partial charge is 0.369 e. The molecule has 0 unspecified atom stereocenters. The number of fused-ring (bicyclic) bond motifs is 1. The van der Waals surface area contributed by atoms with E-state index < -0.39 is 4.92 Å². The van der Waals surface area contributed by atoms with Crippen LogP contribution in [0.2, 0.25) is 0 Å². The molecule has 102 valence electrons. The van der Waals surface area contributed by atoms with Crippen LogP contribution < -0.4 is 4.90 Å². The van der Waals surface area contributed by atoms with Gasteiger partial charge in [-0.3, -0.25) is 15.1 Å². The van der Waals surface area contributed by atoms with Gasteiger partial charge in [0.1, 0.15) is 5.52 Å². The summed E-state index contributed by atoms with van der Waals surface area (Å²) in [4.78, 5) is 16.9. The first-order valence-corrected chi connectivity index (χ1v) is 6.33. The molecule has 2 aromatic rings. The average molecular weight is 270 g/mol. The molecule has 6 nitrogen and oxygen atoms in total. The number of benzene rings is 1. The molecule has 6 heteroatoms. The van der Waals surface area contributed by atoms with Crippen LogP contribution in [-0.2, 0) is 0 Å². The second-order valence-electron chi connectivity index (χ2n) is 4.25. The average Bonchev–Trinajstić information content (AvgIpc) is 2.47. The summed E-state index contributed by atoms with van der Waals surface area (Å²) in [6, 6.07) is 8.69. The number of anilines is 1. The molecule has 0 saturated carbocycles. The van der Waals surface area contributed by atoms with Gasteiger partial charge in [-0.25, -0.2) is 0 Å². The molecule has 1 aromatic heterocycles. The van der Waals surface area contributed by atoms with Crippen LogP contribution in [0.1, 0.15) is 13.3 Å². The quantitative estimate of drug-likeness (QED) is 0.616. The van der Waals surface area contributed by atoms with Crippen molar-refractivity contribution >= 4 is 22.3 Å². The Morgan fingerprint density at radius 2 is 2.25 bits per heavy atom. The summed E-state index contributed by atoms with van der Waals surface area (Å²) in [5, 5.41) is 20.3. The van der Waals surface area contributed by atoms with Crippen molar-refractivity contribution in [3.8, 4) is 6.07 Å². The van der Waals surface area contributed by atoms with Gasteiger partial charge in [-0.1, -0.05) is 0 Å². The highest BCUT2D eigenvalue weighted by Gasteiger charge is 2.17. The van der Waals surface area contributed by atoms with Crippen LogP contribution >= 0.6 is 0 Å². The predicted molar refractivity (Wildman–Crippen MR) is 76.5 cm³/mol. The Balaban J connectivity index is 2.58. The first-order valence-electron chi connectivity index (χ1n) is 6.33. The number of hydrogen-bond acceptors (Lipinski definition) is 5. The highest BCUT2D eigenvalue weighted by atomic mass is 16.6. The molecule has 2 rings (SSSR count). The number of hydrogen-bond donors (Lipinski definition) is 0. The number of rotatable bonds is 5. The van der Waals surface area contributed by atoms with E-state index >= 15 is 0 Å². The van der Waals surface area contributed by atoms with Crippen molar-refractivity contribution in [2.75, 3.05) is 18.0 Å². The molecular formula is C14H14N4O2. The first-order chi connectivity index (χ1) is 9.69. The predicted octanol–water partition coefficient (Wildman–Crippen LogP) is 2.88. The van der Waals surface area contributed by atoms with Gasteiger partial charge in [-0.05, 0) is 25.1 Å². The molecule has 0 aliphatic carbocycles. The molecule has 0 aliphatic heterocycles. The van der Waals surface area contributed by atoms with Gasteiger partial charge in [0.05, 0.1) is 28.5 Å². The summed E-state index contributed by atoms with van der Waals surface area (Å²) < 4.78 is 0. The Morgan fingerprint density at radius 3 is 2.90 bits per heavy atom. The van der Waals surface area contributed by atoms with Gasteiger partial charge < -0.3 is 4.90 Å². The van der Waals surface area contributed by atoms with Gasteiger partial charge in [-0.15, -0.1) is 0 Å². The lowest BCUT2D eigenvalue weighted by atomic mass is 10.1. The lowest BCUT2D eigenvalue weighted by Gasteiger charge is -2.22. The van der Waals surface area contributed by atoms with E-state index in [0.717, 1.165) is 5.69 Å². The van der Waals surface area contributed by atoms with Crippen molar-refractivity contribution in [2.45, 2.75) is 13.3 Å². The fourth-order valence-corrected chi connectivity index (χ4v) is 2.19. The number of nitriles is 1. The first kappa shape index (κ1) is 13.7. The van der Waals surface area contributed by atoms with Crippen molar-refractivity contribution in [2.24, 2.45) is 0 Å². The van der Waals surface area contributed by atoms with Gasteiger partial charge in [0.15, 0.2) is 0 Å². The minimum atomic E-state index is -0.403. The van der Waals surface area contributed by atoms with Crippen LogP contribution in [-0.4, -0.2) is 23.0 Å². The molecule has 0 spiro atoms. The molecular weight excluding hydrogens is 256 g/mol.